The topological polar surface area (TPSA) is 108 Å². The van der Waals surface area contributed by atoms with Gasteiger partial charge in [0.2, 0.25) is 0 Å². The van der Waals surface area contributed by atoms with E-state index >= 15 is 0 Å². The minimum absolute atomic E-state index is 0.244. The number of nitrogens with one attached hydrogen (secondary N) is 2. The van der Waals surface area contributed by atoms with Crippen LogP contribution in [0.4, 0.5) is 4.39 Å². The highest BCUT2D eigenvalue weighted by Gasteiger charge is 2.23. The molecular formula is C33H27FN4O3. The van der Waals surface area contributed by atoms with E-state index in [0.717, 1.165) is 11.1 Å². The van der Waals surface area contributed by atoms with Gasteiger partial charge < -0.3 is 15.1 Å². The average Bonchev–Trinajstić information content (AvgIpc) is 3.38. The Labute approximate surface area is 236 Å². The van der Waals surface area contributed by atoms with Crippen LogP contribution in [-0.2, 0) is 0 Å². The first-order valence-electron chi connectivity index (χ1n) is 13.1. The van der Waals surface area contributed by atoms with E-state index in [0.29, 0.717) is 56.7 Å². The zero-order valence-electron chi connectivity index (χ0n) is 22.8. The Balaban J connectivity index is 1.65. The first-order chi connectivity index (χ1) is 19.8. The summed E-state index contributed by atoms with van der Waals surface area (Å²) in [6.07, 6.45) is 3.10. The van der Waals surface area contributed by atoms with Gasteiger partial charge in [-0.25, -0.2) is 4.39 Å². The Morgan fingerprint density at radius 2 is 1.63 bits per heavy atom. The van der Waals surface area contributed by atoms with Crippen molar-refractivity contribution in [2.75, 3.05) is 13.6 Å². The molecule has 0 unspecified atom stereocenters. The molecule has 0 saturated heterocycles. The van der Waals surface area contributed by atoms with Crippen LogP contribution in [0.25, 0.3) is 44.5 Å². The van der Waals surface area contributed by atoms with Gasteiger partial charge in [-0.2, -0.15) is 5.26 Å². The number of nitriles is 1. The number of carbonyl (C=O) groups is 2. The third kappa shape index (κ3) is 5.56. The van der Waals surface area contributed by atoms with Crippen molar-refractivity contribution in [3.05, 3.63) is 102 Å². The molecule has 0 aliphatic carbocycles. The van der Waals surface area contributed by atoms with E-state index < -0.39 is 0 Å². The highest BCUT2D eigenvalue weighted by Crippen LogP contribution is 2.37. The summed E-state index contributed by atoms with van der Waals surface area (Å²) in [7, 11) is 1.54. The zero-order chi connectivity index (χ0) is 29.1. The molecule has 7 nitrogen and oxygen atoms in total. The second-order valence-corrected chi connectivity index (χ2v) is 10.0. The molecule has 2 aromatic heterocycles. The number of furan rings is 1. The van der Waals surface area contributed by atoms with Gasteiger partial charge in [0.05, 0.1) is 11.1 Å². The van der Waals surface area contributed by atoms with Gasteiger partial charge >= 0.3 is 0 Å². The lowest BCUT2D eigenvalue weighted by atomic mass is 9.93. The minimum Gasteiger partial charge on any atom is -0.455 e. The molecule has 5 aromatic rings. The molecule has 0 fully saturated rings. The van der Waals surface area contributed by atoms with Gasteiger partial charge in [-0.1, -0.05) is 32.0 Å². The standard InChI is InChI=1S/C33H27FN4O3/c1-19(2)16-38-32(39)27-13-22(6-10-26(27)24-12-20(15-35)17-37-18-24)23-7-11-29-28(14-23)30(33(40)36-3)31(41-29)21-4-8-25(34)9-5-21/h4-14,17-19H,16H2,1-3H3,(H,36,40)(H,38,39). The maximum Gasteiger partial charge on any atom is 0.255 e. The van der Waals surface area contributed by atoms with E-state index in [1.807, 2.05) is 38.1 Å². The van der Waals surface area contributed by atoms with Crippen LogP contribution in [0.2, 0.25) is 0 Å². The van der Waals surface area contributed by atoms with Crippen LogP contribution in [0.5, 0.6) is 0 Å². The van der Waals surface area contributed by atoms with Crippen molar-refractivity contribution in [2.45, 2.75) is 13.8 Å². The van der Waals surface area contributed by atoms with Crippen LogP contribution in [0.1, 0.15) is 40.1 Å². The van der Waals surface area contributed by atoms with Gasteiger partial charge in [-0.15, -0.1) is 0 Å². The van der Waals surface area contributed by atoms with Crippen molar-refractivity contribution in [2.24, 2.45) is 5.92 Å². The molecule has 3 aromatic carbocycles. The van der Waals surface area contributed by atoms with E-state index in [4.69, 9.17) is 4.42 Å². The van der Waals surface area contributed by atoms with Crippen molar-refractivity contribution < 1.29 is 18.4 Å². The molecule has 2 amide bonds. The highest BCUT2D eigenvalue weighted by atomic mass is 19.1. The Hall–Kier alpha value is -5.29. The largest absolute Gasteiger partial charge is 0.455 e. The van der Waals surface area contributed by atoms with Crippen LogP contribution in [-0.4, -0.2) is 30.4 Å². The predicted octanol–water partition coefficient (Wildman–Crippen LogP) is 6.58. The smallest absolute Gasteiger partial charge is 0.255 e. The molecular weight excluding hydrogens is 519 g/mol. The van der Waals surface area contributed by atoms with Gasteiger partial charge in [-0.05, 0) is 71.1 Å². The normalized spacial score (nSPS) is 10.9. The summed E-state index contributed by atoms with van der Waals surface area (Å²) < 4.78 is 19.6. The molecule has 0 aliphatic heterocycles. The number of amides is 2. The van der Waals surface area contributed by atoms with Gasteiger partial charge in [-0.3, -0.25) is 14.6 Å². The van der Waals surface area contributed by atoms with Gasteiger partial charge in [0, 0.05) is 48.1 Å². The van der Waals surface area contributed by atoms with Crippen LogP contribution in [0, 0.1) is 23.1 Å². The maximum absolute atomic E-state index is 13.6. The monoisotopic (exact) mass is 546 g/mol. The number of fused-ring (bicyclic) bond motifs is 1. The van der Waals surface area contributed by atoms with E-state index in [1.165, 1.54) is 25.4 Å². The van der Waals surface area contributed by atoms with Crippen LogP contribution >= 0.6 is 0 Å². The third-order valence-electron chi connectivity index (χ3n) is 6.70. The number of benzene rings is 3. The summed E-state index contributed by atoms with van der Waals surface area (Å²) in [6.45, 7) is 4.53. The average molecular weight is 547 g/mol. The number of aromatic nitrogens is 1. The molecule has 0 saturated carbocycles. The summed E-state index contributed by atoms with van der Waals surface area (Å²) in [5.74, 6) is -0.372. The lowest BCUT2D eigenvalue weighted by Crippen LogP contribution is -2.27. The molecule has 2 N–H and O–H groups in total. The zero-order valence-corrected chi connectivity index (χ0v) is 22.8. The lowest BCUT2D eigenvalue weighted by molar-refractivity contribution is 0.0946. The number of carbonyl (C=O) groups excluding carboxylic acids is 2. The molecule has 8 heteroatoms. The lowest BCUT2D eigenvalue weighted by Gasteiger charge is -2.14. The number of hydrogen-bond donors (Lipinski definition) is 2. The first kappa shape index (κ1) is 27.3. The summed E-state index contributed by atoms with van der Waals surface area (Å²) in [5.41, 5.74) is 5.05. The molecule has 0 atom stereocenters. The van der Waals surface area contributed by atoms with Crippen molar-refractivity contribution in [3.63, 3.8) is 0 Å². The fraction of sp³-hybridized carbons (Fsp3) is 0.152. The second-order valence-electron chi connectivity index (χ2n) is 10.0. The number of halogens is 1. The number of pyridine rings is 1. The molecule has 41 heavy (non-hydrogen) atoms. The van der Waals surface area contributed by atoms with Gasteiger partial charge in [0.1, 0.15) is 23.2 Å². The Morgan fingerprint density at radius 3 is 2.34 bits per heavy atom. The fourth-order valence-corrected chi connectivity index (χ4v) is 4.64. The van der Waals surface area contributed by atoms with E-state index in [9.17, 15) is 19.2 Å². The molecule has 0 spiro atoms. The van der Waals surface area contributed by atoms with Gasteiger partial charge in [0.25, 0.3) is 11.8 Å². The Kier molecular flexibility index (Phi) is 7.61. The van der Waals surface area contributed by atoms with E-state index in [2.05, 4.69) is 21.7 Å². The van der Waals surface area contributed by atoms with Gasteiger partial charge in [0.15, 0.2) is 0 Å². The highest BCUT2D eigenvalue weighted by molar-refractivity contribution is 6.12. The Morgan fingerprint density at radius 1 is 0.927 bits per heavy atom. The number of hydrogen-bond acceptors (Lipinski definition) is 5. The molecule has 204 valence electrons. The van der Waals surface area contributed by atoms with E-state index in [1.54, 1.807) is 36.5 Å². The first-order valence-corrected chi connectivity index (χ1v) is 13.1. The van der Waals surface area contributed by atoms with Crippen LogP contribution < -0.4 is 10.6 Å². The predicted molar refractivity (Wildman–Crippen MR) is 156 cm³/mol. The minimum atomic E-state index is -0.388. The molecule has 5 rings (SSSR count). The molecule has 0 radical (unpaired) electrons. The maximum atomic E-state index is 13.6. The van der Waals surface area contributed by atoms with Crippen molar-refractivity contribution in [1.29, 1.82) is 5.26 Å². The third-order valence-corrected chi connectivity index (χ3v) is 6.70. The summed E-state index contributed by atoms with van der Waals surface area (Å²) >= 11 is 0. The van der Waals surface area contributed by atoms with Crippen LogP contribution in [0.15, 0.2) is 83.5 Å². The van der Waals surface area contributed by atoms with Crippen molar-refractivity contribution in [1.82, 2.24) is 15.6 Å². The van der Waals surface area contributed by atoms with Crippen molar-refractivity contribution in [3.8, 4) is 39.6 Å². The van der Waals surface area contributed by atoms with Crippen LogP contribution in [0.3, 0.4) is 0 Å². The summed E-state index contributed by atoms with van der Waals surface area (Å²) in [5, 5.41) is 15.6. The quantitative estimate of drug-likeness (QED) is 0.240. The molecule has 0 bridgehead atoms. The summed E-state index contributed by atoms with van der Waals surface area (Å²) in [6, 6.07) is 20.6. The van der Waals surface area contributed by atoms with Crippen molar-refractivity contribution >= 4 is 22.8 Å². The molecule has 0 aliphatic rings. The SMILES string of the molecule is CNC(=O)c1c(-c2ccc(F)cc2)oc2ccc(-c3ccc(-c4cncc(C#N)c4)c(C(=O)NCC(C)C)c3)cc12. The molecule has 2 heterocycles. The number of nitrogens with zero attached hydrogens (tertiary/aromatic N) is 2. The number of rotatable bonds is 7. The fourth-order valence-electron chi connectivity index (χ4n) is 4.64. The Bertz CT molecular complexity index is 1820. The van der Waals surface area contributed by atoms with E-state index in [-0.39, 0.29) is 23.5 Å². The summed E-state index contributed by atoms with van der Waals surface area (Å²) in [4.78, 5) is 30.5. The second kappa shape index (κ2) is 11.4.